The highest BCUT2D eigenvalue weighted by atomic mass is 35.5. The highest BCUT2D eigenvalue weighted by Crippen LogP contribution is 2.34. The van der Waals surface area contributed by atoms with Gasteiger partial charge in [0.2, 0.25) is 0 Å². The largest absolute Gasteiger partial charge is 0.497 e. The first kappa shape index (κ1) is 23.5. The van der Waals surface area contributed by atoms with E-state index < -0.39 is 28.7 Å². The van der Waals surface area contributed by atoms with Crippen LogP contribution in [0.4, 0.5) is 14.5 Å². The van der Waals surface area contributed by atoms with Crippen molar-refractivity contribution in [2.45, 2.75) is 0 Å². The fourth-order valence-corrected chi connectivity index (χ4v) is 3.81. The summed E-state index contributed by atoms with van der Waals surface area (Å²) >= 11 is 11.8. The molecule has 174 valence electrons. The summed E-state index contributed by atoms with van der Waals surface area (Å²) in [7, 11) is 2.73. The van der Waals surface area contributed by atoms with Crippen molar-refractivity contribution in [1.29, 1.82) is 0 Å². The smallest absolute Gasteiger partial charge is 0.295 e. The molecule has 0 saturated carbocycles. The van der Waals surface area contributed by atoms with Crippen molar-refractivity contribution >= 4 is 34.8 Å². The molecule has 0 aliphatic rings. The third-order valence-corrected chi connectivity index (χ3v) is 5.67. The van der Waals surface area contributed by atoms with Crippen LogP contribution in [-0.4, -0.2) is 22.4 Å². The van der Waals surface area contributed by atoms with E-state index in [4.69, 9.17) is 27.9 Å². The van der Waals surface area contributed by atoms with Crippen LogP contribution in [-0.2, 0) is 7.05 Å². The maximum Gasteiger partial charge on any atom is 0.295 e. The van der Waals surface area contributed by atoms with Crippen molar-refractivity contribution in [3.8, 4) is 22.7 Å². The molecule has 0 bridgehead atoms. The maximum absolute atomic E-state index is 15.1. The molecule has 1 amide bonds. The standard InChI is InChI=1S/C24H17Cl2F2N3O3/c1-30-22(20-18(27)11-17(34-2)12-19(20)28)21(29-23(32)13-3-5-14(25)6-4-13)24(33)31(30)16-9-7-15(26)8-10-16/h3-12H,1-2H3,(H,29,32). The predicted molar refractivity (Wildman–Crippen MR) is 127 cm³/mol. The van der Waals surface area contributed by atoms with Gasteiger partial charge < -0.3 is 10.1 Å². The Morgan fingerprint density at radius 1 is 0.941 bits per heavy atom. The van der Waals surface area contributed by atoms with Crippen molar-refractivity contribution in [2.75, 3.05) is 12.4 Å². The zero-order valence-electron chi connectivity index (χ0n) is 17.9. The molecule has 0 saturated heterocycles. The number of nitrogens with one attached hydrogen (secondary N) is 1. The summed E-state index contributed by atoms with van der Waals surface area (Å²) in [4.78, 5) is 26.3. The lowest BCUT2D eigenvalue weighted by Gasteiger charge is -2.13. The second-order valence-corrected chi connectivity index (χ2v) is 8.14. The minimum Gasteiger partial charge on any atom is -0.497 e. The molecule has 4 rings (SSSR count). The summed E-state index contributed by atoms with van der Waals surface area (Å²) < 4.78 is 37.5. The summed E-state index contributed by atoms with van der Waals surface area (Å²) in [6.45, 7) is 0. The Hall–Kier alpha value is -3.62. The number of halogens is 4. The molecule has 0 fully saturated rings. The van der Waals surface area contributed by atoms with Crippen molar-refractivity contribution in [3.05, 3.63) is 98.3 Å². The number of aromatic nitrogens is 2. The quantitative estimate of drug-likeness (QED) is 0.380. The number of amides is 1. The predicted octanol–water partition coefficient (Wildman–Crippen LogP) is 5.69. The topological polar surface area (TPSA) is 65.3 Å². The first-order chi connectivity index (χ1) is 16.2. The van der Waals surface area contributed by atoms with Gasteiger partial charge in [0.05, 0.1) is 18.4 Å². The Morgan fingerprint density at radius 3 is 2.00 bits per heavy atom. The Labute approximate surface area is 202 Å². The van der Waals surface area contributed by atoms with Gasteiger partial charge in [0, 0.05) is 34.8 Å². The molecule has 34 heavy (non-hydrogen) atoms. The highest BCUT2D eigenvalue weighted by molar-refractivity contribution is 6.31. The molecule has 1 N–H and O–H groups in total. The molecule has 0 aliphatic carbocycles. The molecule has 0 unspecified atom stereocenters. The van der Waals surface area contributed by atoms with E-state index in [-0.39, 0.29) is 22.7 Å². The average molecular weight is 504 g/mol. The van der Waals surface area contributed by atoms with Crippen LogP contribution in [0.15, 0.2) is 65.5 Å². The lowest BCUT2D eigenvalue weighted by molar-refractivity contribution is 0.102. The van der Waals surface area contributed by atoms with E-state index in [2.05, 4.69) is 5.32 Å². The van der Waals surface area contributed by atoms with E-state index in [9.17, 15) is 9.59 Å². The van der Waals surface area contributed by atoms with Crippen LogP contribution in [0, 0.1) is 11.6 Å². The molecule has 3 aromatic carbocycles. The van der Waals surface area contributed by atoms with Crippen molar-refractivity contribution in [1.82, 2.24) is 9.36 Å². The third kappa shape index (κ3) is 4.30. The van der Waals surface area contributed by atoms with Gasteiger partial charge in [-0.25, -0.2) is 13.5 Å². The van der Waals surface area contributed by atoms with Crippen LogP contribution in [0.1, 0.15) is 10.4 Å². The first-order valence-corrected chi connectivity index (χ1v) is 10.6. The summed E-state index contributed by atoms with van der Waals surface area (Å²) in [5.41, 5.74) is -1.09. The van der Waals surface area contributed by atoms with E-state index in [1.807, 2.05) is 0 Å². The molecule has 4 aromatic rings. The van der Waals surface area contributed by atoms with Crippen LogP contribution >= 0.6 is 23.2 Å². The number of carbonyl (C=O) groups is 1. The van der Waals surface area contributed by atoms with Gasteiger partial charge >= 0.3 is 0 Å². The Bertz CT molecular complexity index is 1420. The van der Waals surface area contributed by atoms with E-state index in [1.165, 1.54) is 47.8 Å². The number of hydrogen-bond acceptors (Lipinski definition) is 3. The number of benzene rings is 3. The summed E-state index contributed by atoms with van der Waals surface area (Å²) in [6, 6.07) is 14.2. The van der Waals surface area contributed by atoms with E-state index in [0.717, 1.165) is 12.1 Å². The molecular formula is C24H17Cl2F2N3O3. The van der Waals surface area contributed by atoms with Crippen molar-refractivity contribution in [2.24, 2.45) is 7.05 Å². The van der Waals surface area contributed by atoms with Crippen LogP contribution in [0.2, 0.25) is 10.0 Å². The summed E-state index contributed by atoms with van der Waals surface area (Å²) in [6.07, 6.45) is 0. The maximum atomic E-state index is 15.1. The second-order valence-electron chi connectivity index (χ2n) is 7.27. The fourth-order valence-electron chi connectivity index (χ4n) is 3.56. The number of nitrogens with zero attached hydrogens (tertiary/aromatic N) is 2. The molecular weight excluding hydrogens is 487 g/mol. The number of rotatable bonds is 5. The molecule has 1 heterocycles. The van der Waals surface area contributed by atoms with Gasteiger partial charge in [-0.2, -0.15) is 0 Å². The second kappa shape index (κ2) is 9.32. The summed E-state index contributed by atoms with van der Waals surface area (Å²) in [5.74, 6) is -2.63. The van der Waals surface area contributed by atoms with Gasteiger partial charge in [0.15, 0.2) is 0 Å². The van der Waals surface area contributed by atoms with Gasteiger partial charge in [0.25, 0.3) is 11.5 Å². The van der Waals surface area contributed by atoms with Gasteiger partial charge in [-0.1, -0.05) is 23.2 Å². The first-order valence-electron chi connectivity index (χ1n) is 9.89. The normalized spacial score (nSPS) is 10.9. The highest BCUT2D eigenvalue weighted by Gasteiger charge is 2.27. The van der Waals surface area contributed by atoms with Gasteiger partial charge in [-0.05, 0) is 48.5 Å². The van der Waals surface area contributed by atoms with Crippen molar-refractivity contribution in [3.63, 3.8) is 0 Å². The lowest BCUT2D eigenvalue weighted by atomic mass is 10.1. The number of carbonyl (C=O) groups excluding carboxylic acids is 1. The Balaban J connectivity index is 1.95. The third-order valence-electron chi connectivity index (χ3n) is 5.17. The molecule has 0 radical (unpaired) electrons. The minimum atomic E-state index is -0.970. The van der Waals surface area contributed by atoms with Gasteiger partial charge in [0.1, 0.15) is 28.8 Å². The van der Waals surface area contributed by atoms with E-state index >= 15 is 8.78 Å². The Morgan fingerprint density at radius 2 is 1.47 bits per heavy atom. The zero-order valence-corrected chi connectivity index (χ0v) is 19.4. The van der Waals surface area contributed by atoms with E-state index in [0.29, 0.717) is 15.7 Å². The fraction of sp³-hybridized carbons (Fsp3) is 0.0833. The molecule has 0 aliphatic heterocycles. The van der Waals surface area contributed by atoms with E-state index in [1.54, 1.807) is 24.3 Å². The Kier molecular flexibility index (Phi) is 6.45. The van der Waals surface area contributed by atoms with Crippen LogP contribution in [0.3, 0.4) is 0 Å². The SMILES string of the molecule is COc1cc(F)c(-c2c(NC(=O)c3ccc(Cl)cc3)c(=O)n(-c3ccc(Cl)cc3)n2C)c(F)c1. The molecule has 0 spiro atoms. The number of anilines is 1. The van der Waals surface area contributed by atoms with Crippen LogP contribution in [0.5, 0.6) is 5.75 Å². The number of hydrogen-bond donors (Lipinski definition) is 1. The van der Waals surface area contributed by atoms with Gasteiger partial charge in [-0.3, -0.25) is 14.3 Å². The van der Waals surface area contributed by atoms with Crippen LogP contribution in [0.25, 0.3) is 16.9 Å². The monoisotopic (exact) mass is 503 g/mol. The van der Waals surface area contributed by atoms with Gasteiger partial charge in [-0.15, -0.1) is 0 Å². The zero-order chi connectivity index (χ0) is 24.6. The van der Waals surface area contributed by atoms with Crippen molar-refractivity contribution < 1.29 is 18.3 Å². The number of ether oxygens (including phenoxy) is 1. The summed E-state index contributed by atoms with van der Waals surface area (Å²) in [5, 5.41) is 3.37. The molecule has 10 heteroatoms. The van der Waals surface area contributed by atoms with Crippen LogP contribution < -0.4 is 15.6 Å². The molecule has 0 atom stereocenters. The minimum absolute atomic E-state index is 0.0346. The molecule has 6 nitrogen and oxygen atoms in total. The lowest BCUT2D eigenvalue weighted by Crippen LogP contribution is -2.22. The number of methoxy groups -OCH3 is 1. The molecule has 1 aromatic heterocycles. The average Bonchev–Trinajstić information content (AvgIpc) is 3.04.